The minimum Gasteiger partial charge on any atom is -0.481 e. The Balaban J connectivity index is 3.00. The van der Waals surface area contributed by atoms with Gasteiger partial charge in [-0.3, -0.25) is 9.59 Å². The summed E-state index contributed by atoms with van der Waals surface area (Å²) in [5.74, 6) is -0.822. The lowest BCUT2D eigenvalue weighted by Crippen LogP contribution is -2.27. The van der Waals surface area contributed by atoms with Gasteiger partial charge in [0.05, 0.1) is 12.5 Å². The lowest BCUT2D eigenvalue weighted by atomic mass is 9.87. The number of hydrogen-bond acceptors (Lipinski definition) is 4. The monoisotopic (exact) mass is 427 g/mol. The molecule has 0 aliphatic rings. The second-order valence-electron chi connectivity index (χ2n) is 10.0. The van der Waals surface area contributed by atoms with Crippen LogP contribution in [0.3, 0.4) is 0 Å². The summed E-state index contributed by atoms with van der Waals surface area (Å²) in [5.41, 5.74) is 13.8. The van der Waals surface area contributed by atoms with Crippen molar-refractivity contribution in [3.8, 4) is 0 Å². The summed E-state index contributed by atoms with van der Waals surface area (Å²) in [6.45, 7) is 12.9. The van der Waals surface area contributed by atoms with E-state index in [9.17, 15) is 9.59 Å². The maximum absolute atomic E-state index is 12.2. The van der Waals surface area contributed by atoms with Gasteiger partial charge in [0.15, 0.2) is 0 Å². The standard InChI is InChI=1S/C25H37N3O3/c1-24(2,3)15-7-8-21(26)28-20(13-16-25(4,5)6)18-9-11-19(12-10-18)23(31)27-17-14-22(29)30/h9-12,15,20,28H,13-14,16-17,26H2,1-6H3,(H,27,31)(H,29,30)/t20-/m1/s1. The maximum Gasteiger partial charge on any atom is 0.305 e. The molecule has 0 fully saturated rings. The van der Waals surface area contributed by atoms with E-state index in [2.05, 4.69) is 63.6 Å². The van der Waals surface area contributed by atoms with Crippen molar-refractivity contribution in [2.24, 2.45) is 16.6 Å². The Morgan fingerprint density at radius 3 is 2.26 bits per heavy atom. The van der Waals surface area contributed by atoms with Crippen molar-refractivity contribution < 1.29 is 14.7 Å². The average Bonchev–Trinajstić information content (AvgIpc) is 2.63. The van der Waals surface area contributed by atoms with Gasteiger partial charge in [-0.25, -0.2) is 0 Å². The van der Waals surface area contributed by atoms with Crippen molar-refractivity contribution in [3.63, 3.8) is 0 Å². The molecule has 6 nitrogen and oxygen atoms in total. The zero-order chi connectivity index (χ0) is 23.7. The number of allylic oxidation sites excluding steroid dienone is 1. The first-order valence-corrected chi connectivity index (χ1v) is 10.6. The molecule has 0 bridgehead atoms. The number of nitrogens with one attached hydrogen (secondary N) is 2. The van der Waals surface area contributed by atoms with E-state index < -0.39 is 5.97 Å². The van der Waals surface area contributed by atoms with Crippen LogP contribution >= 0.6 is 0 Å². The third-order valence-corrected chi connectivity index (χ3v) is 4.42. The van der Waals surface area contributed by atoms with E-state index in [4.69, 9.17) is 10.8 Å². The predicted octanol–water partition coefficient (Wildman–Crippen LogP) is 4.50. The van der Waals surface area contributed by atoms with Gasteiger partial charge >= 0.3 is 5.97 Å². The Kier molecular flexibility index (Phi) is 9.64. The molecule has 0 radical (unpaired) electrons. The van der Waals surface area contributed by atoms with E-state index >= 15 is 0 Å². The minimum absolute atomic E-state index is 0.000213. The number of carboxylic acid groups (broad SMARTS) is 1. The van der Waals surface area contributed by atoms with Crippen LogP contribution in [0.25, 0.3) is 0 Å². The van der Waals surface area contributed by atoms with Gasteiger partial charge in [0, 0.05) is 12.1 Å². The third-order valence-electron chi connectivity index (χ3n) is 4.42. The van der Waals surface area contributed by atoms with Crippen molar-refractivity contribution in [3.05, 3.63) is 58.8 Å². The third kappa shape index (κ3) is 11.7. The SMILES string of the molecule is CC(C)(C)C=C=C=C(N)N[C@H](CCC(C)(C)C)c1ccc(C(=O)NCCC(=O)O)cc1. The highest BCUT2D eigenvalue weighted by Crippen LogP contribution is 2.28. The van der Waals surface area contributed by atoms with E-state index in [1.54, 1.807) is 12.1 Å². The Morgan fingerprint density at radius 1 is 1.13 bits per heavy atom. The Morgan fingerprint density at radius 2 is 1.74 bits per heavy atom. The zero-order valence-electron chi connectivity index (χ0n) is 19.6. The topological polar surface area (TPSA) is 104 Å². The van der Waals surface area contributed by atoms with Gasteiger partial charge < -0.3 is 21.5 Å². The van der Waals surface area contributed by atoms with Crippen molar-refractivity contribution in [2.75, 3.05) is 6.54 Å². The molecule has 170 valence electrons. The Bertz CT molecular complexity index is 845. The van der Waals surface area contributed by atoms with Crippen molar-refractivity contribution in [1.82, 2.24) is 10.6 Å². The smallest absolute Gasteiger partial charge is 0.305 e. The highest BCUT2D eigenvalue weighted by molar-refractivity contribution is 5.94. The number of carbonyl (C=O) groups is 2. The minimum atomic E-state index is -0.944. The highest BCUT2D eigenvalue weighted by atomic mass is 16.4. The molecule has 0 unspecified atom stereocenters. The first kappa shape index (κ1) is 26.1. The molecule has 0 spiro atoms. The quantitative estimate of drug-likeness (QED) is 0.434. The first-order valence-electron chi connectivity index (χ1n) is 10.6. The number of carbonyl (C=O) groups excluding carboxylic acids is 1. The summed E-state index contributed by atoms with van der Waals surface area (Å²) < 4.78 is 0. The summed E-state index contributed by atoms with van der Waals surface area (Å²) in [4.78, 5) is 22.8. The van der Waals surface area contributed by atoms with Crippen LogP contribution < -0.4 is 16.4 Å². The second kappa shape index (κ2) is 11.5. The maximum atomic E-state index is 12.2. The Hall–Kier alpha value is -2.94. The summed E-state index contributed by atoms with van der Waals surface area (Å²) in [6.07, 6.45) is 3.66. The van der Waals surface area contributed by atoms with Crippen LogP contribution in [0.4, 0.5) is 0 Å². The Labute approximate surface area is 186 Å². The molecule has 1 aromatic carbocycles. The normalized spacial score (nSPS) is 12.2. The molecule has 0 saturated heterocycles. The fourth-order valence-corrected chi connectivity index (χ4v) is 2.71. The number of benzene rings is 1. The summed E-state index contributed by atoms with van der Waals surface area (Å²) >= 11 is 0. The molecule has 1 rings (SSSR count). The van der Waals surface area contributed by atoms with Gasteiger partial charge in [-0.1, -0.05) is 59.4 Å². The van der Waals surface area contributed by atoms with Crippen LogP contribution in [0.15, 0.2) is 47.6 Å². The number of hydrogen-bond donors (Lipinski definition) is 4. The van der Waals surface area contributed by atoms with Gasteiger partial charge in [0.1, 0.15) is 5.82 Å². The molecule has 6 heteroatoms. The van der Waals surface area contributed by atoms with Crippen LogP contribution in [0.2, 0.25) is 0 Å². The fourth-order valence-electron chi connectivity index (χ4n) is 2.71. The zero-order valence-corrected chi connectivity index (χ0v) is 19.6. The lowest BCUT2D eigenvalue weighted by Gasteiger charge is -2.25. The second-order valence-corrected chi connectivity index (χ2v) is 10.0. The van der Waals surface area contributed by atoms with E-state index in [1.165, 1.54) is 0 Å². The first-order chi connectivity index (χ1) is 14.3. The van der Waals surface area contributed by atoms with E-state index in [0.29, 0.717) is 11.4 Å². The molecule has 1 amide bonds. The average molecular weight is 428 g/mol. The van der Waals surface area contributed by atoms with E-state index in [1.807, 2.05) is 18.2 Å². The van der Waals surface area contributed by atoms with Crippen LogP contribution in [-0.4, -0.2) is 23.5 Å². The predicted molar refractivity (Wildman–Crippen MR) is 124 cm³/mol. The molecular formula is C25H37N3O3. The van der Waals surface area contributed by atoms with Gasteiger partial charge in [0.2, 0.25) is 0 Å². The molecule has 0 aromatic heterocycles. The largest absolute Gasteiger partial charge is 0.481 e. The number of amides is 1. The van der Waals surface area contributed by atoms with Gasteiger partial charge in [-0.2, -0.15) is 0 Å². The number of nitrogens with two attached hydrogens (primary N) is 1. The van der Waals surface area contributed by atoms with Gasteiger partial charge in [-0.05, 0) is 53.2 Å². The van der Waals surface area contributed by atoms with E-state index in [-0.39, 0.29) is 35.7 Å². The number of rotatable bonds is 9. The molecule has 0 aliphatic heterocycles. The molecule has 0 heterocycles. The molecular weight excluding hydrogens is 390 g/mol. The molecule has 0 aliphatic carbocycles. The lowest BCUT2D eigenvalue weighted by molar-refractivity contribution is -0.136. The summed E-state index contributed by atoms with van der Waals surface area (Å²) in [7, 11) is 0. The molecule has 1 aromatic rings. The van der Waals surface area contributed by atoms with Crippen molar-refractivity contribution in [1.29, 1.82) is 0 Å². The van der Waals surface area contributed by atoms with Crippen LogP contribution in [0.5, 0.6) is 0 Å². The molecule has 5 N–H and O–H groups in total. The van der Waals surface area contributed by atoms with Crippen LogP contribution in [0, 0.1) is 10.8 Å². The van der Waals surface area contributed by atoms with Crippen molar-refractivity contribution in [2.45, 2.75) is 66.8 Å². The van der Waals surface area contributed by atoms with Gasteiger partial charge in [0.25, 0.3) is 5.91 Å². The van der Waals surface area contributed by atoms with Crippen LogP contribution in [-0.2, 0) is 4.79 Å². The fraction of sp³-hybridized carbons (Fsp3) is 0.520. The number of carboxylic acids is 1. The van der Waals surface area contributed by atoms with Crippen LogP contribution in [0.1, 0.15) is 82.8 Å². The van der Waals surface area contributed by atoms with E-state index in [0.717, 1.165) is 18.4 Å². The number of aliphatic carboxylic acids is 1. The molecule has 1 atom stereocenters. The van der Waals surface area contributed by atoms with Crippen molar-refractivity contribution >= 4 is 11.9 Å². The molecule has 31 heavy (non-hydrogen) atoms. The summed E-state index contributed by atoms with van der Waals surface area (Å²) in [6, 6.07) is 7.24. The molecule has 0 saturated carbocycles. The van der Waals surface area contributed by atoms with Gasteiger partial charge in [-0.15, -0.1) is 0 Å². The summed E-state index contributed by atoms with van der Waals surface area (Å²) in [5, 5.41) is 14.6. The highest BCUT2D eigenvalue weighted by Gasteiger charge is 2.18.